The second kappa shape index (κ2) is 5.73. The molecule has 1 aliphatic heterocycles. The van der Waals surface area contributed by atoms with Crippen LogP contribution in [0.1, 0.15) is 24.9 Å². The van der Waals surface area contributed by atoms with Gasteiger partial charge in [-0.25, -0.2) is 9.59 Å². The molecule has 102 valence electrons. The molecule has 1 heterocycles. The standard InChI is InChI=1S/C14H18N2O3/c1-10-7-8-16(9-10)14(19)15-12(13(17)18)11-5-3-2-4-6-11/h2-6,10,12H,7-9H2,1H3,(H,15,19)(H,17,18)/t10?,12-/m1/s1. The maximum absolute atomic E-state index is 12.0. The van der Waals surface area contributed by atoms with E-state index in [2.05, 4.69) is 12.2 Å². The smallest absolute Gasteiger partial charge is 0.330 e. The van der Waals surface area contributed by atoms with Gasteiger partial charge in [-0.1, -0.05) is 37.3 Å². The number of benzene rings is 1. The number of urea groups is 1. The first-order valence-corrected chi connectivity index (χ1v) is 6.41. The van der Waals surface area contributed by atoms with Gasteiger partial charge in [-0.05, 0) is 17.9 Å². The lowest BCUT2D eigenvalue weighted by atomic mass is 10.1. The number of carboxylic acids is 1. The number of nitrogens with zero attached hydrogens (tertiary/aromatic N) is 1. The van der Waals surface area contributed by atoms with Crippen molar-refractivity contribution in [3.8, 4) is 0 Å². The molecule has 5 heteroatoms. The van der Waals surface area contributed by atoms with Crippen molar-refractivity contribution in [2.24, 2.45) is 5.92 Å². The summed E-state index contributed by atoms with van der Waals surface area (Å²) >= 11 is 0. The summed E-state index contributed by atoms with van der Waals surface area (Å²) in [4.78, 5) is 25.0. The highest BCUT2D eigenvalue weighted by Crippen LogP contribution is 2.17. The number of aliphatic carboxylic acids is 1. The molecule has 5 nitrogen and oxygen atoms in total. The number of likely N-dealkylation sites (tertiary alicyclic amines) is 1. The number of rotatable bonds is 3. The first-order chi connectivity index (χ1) is 9.08. The third-order valence-corrected chi connectivity index (χ3v) is 3.36. The summed E-state index contributed by atoms with van der Waals surface area (Å²) in [5, 5.41) is 11.8. The van der Waals surface area contributed by atoms with Crippen molar-refractivity contribution in [3.63, 3.8) is 0 Å². The molecular weight excluding hydrogens is 244 g/mol. The largest absolute Gasteiger partial charge is 0.479 e. The number of carbonyl (C=O) groups is 2. The van der Waals surface area contributed by atoms with E-state index in [9.17, 15) is 14.7 Å². The van der Waals surface area contributed by atoms with Gasteiger partial charge in [-0.2, -0.15) is 0 Å². The molecule has 0 spiro atoms. The van der Waals surface area contributed by atoms with Crippen LogP contribution in [-0.4, -0.2) is 35.1 Å². The van der Waals surface area contributed by atoms with Crippen LogP contribution in [0.5, 0.6) is 0 Å². The van der Waals surface area contributed by atoms with Gasteiger partial charge in [-0.3, -0.25) is 0 Å². The van der Waals surface area contributed by atoms with Crippen LogP contribution in [-0.2, 0) is 4.79 Å². The van der Waals surface area contributed by atoms with Crippen molar-refractivity contribution in [2.75, 3.05) is 13.1 Å². The molecule has 1 saturated heterocycles. The van der Waals surface area contributed by atoms with Crippen LogP contribution in [0.15, 0.2) is 30.3 Å². The van der Waals surface area contributed by atoms with E-state index in [0.29, 0.717) is 24.6 Å². The second-order valence-corrected chi connectivity index (χ2v) is 4.97. The Bertz CT molecular complexity index is 461. The molecule has 2 rings (SSSR count). The lowest BCUT2D eigenvalue weighted by Gasteiger charge is -2.21. The number of amides is 2. The second-order valence-electron chi connectivity index (χ2n) is 4.97. The average molecular weight is 262 g/mol. The molecular formula is C14H18N2O3. The zero-order valence-corrected chi connectivity index (χ0v) is 10.9. The Morgan fingerprint density at radius 1 is 1.37 bits per heavy atom. The van der Waals surface area contributed by atoms with Crippen molar-refractivity contribution in [2.45, 2.75) is 19.4 Å². The Balaban J connectivity index is 2.05. The van der Waals surface area contributed by atoms with Crippen LogP contribution in [0.2, 0.25) is 0 Å². The fourth-order valence-electron chi connectivity index (χ4n) is 2.27. The summed E-state index contributed by atoms with van der Waals surface area (Å²) in [6.07, 6.45) is 0.969. The molecule has 0 aromatic heterocycles. The minimum atomic E-state index is -1.05. The minimum Gasteiger partial charge on any atom is -0.479 e. The molecule has 1 aliphatic rings. The van der Waals surface area contributed by atoms with Gasteiger partial charge in [0.1, 0.15) is 0 Å². The molecule has 1 unspecified atom stereocenters. The highest BCUT2D eigenvalue weighted by Gasteiger charge is 2.28. The first-order valence-electron chi connectivity index (χ1n) is 6.41. The predicted molar refractivity (Wildman–Crippen MR) is 70.7 cm³/mol. The molecule has 0 bridgehead atoms. The van der Waals surface area contributed by atoms with Crippen LogP contribution in [0, 0.1) is 5.92 Å². The zero-order chi connectivity index (χ0) is 13.8. The highest BCUT2D eigenvalue weighted by molar-refractivity contribution is 5.83. The van der Waals surface area contributed by atoms with Crippen LogP contribution in [0.3, 0.4) is 0 Å². The fraction of sp³-hybridized carbons (Fsp3) is 0.429. The van der Waals surface area contributed by atoms with E-state index < -0.39 is 12.0 Å². The maximum atomic E-state index is 12.0. The van der Waals surface area contributed by atoms with Gasteiger partial charge >= 0.3 is 12.0 Å². The summed E-state index contributed by atoms with van der Waals surface area (Å²) < 4.78 is 0. The van der Waals surface area contributed by atoms with Crippen molar-refractivity contribution >= 4 is 12.0 Å². The van der Waals surface area contributed by atoms with E-state index in [-0.39, 0.29) is 6.03 Å². The van der Waals surface area contributed by atoms with Gasteiger partial charge in [0.05, 0.1) is 0 Å². The fourth-order valence-corrected chi connectivity index (χ4v) is 2.27. The third kappa shape index (κ3) is 3.24. The number of carbonyl (C=O) groups excluding carboxylic acids is 1. The highest BCUT2D eigenvalue weighted by atomic mass is 16.4. The average Bonchev–Trinajstić information content (AvgIpc) is 2.83. The van der Waals surface area contributed by atoms with Gasteiger partial charge in [-0.15, -0.1) is 0 Å². The zero-order valence-electron chi connectivity index (χ0n) is 10.9. The van der Waals surface area contributed by atoms with Crippen molar-refractivity contribution in [1.29, 1.82) is 0 Å². The van der Waals surface area contributed by atoms with E-state index in [1.807, 2.05) is 6.07 Å². The minimum absolute atomic E-state index is 0.305. The molecule has 0 saturated carbocycles. The molecule has 1 aromatic carbocycles. The third-order valence-electron chi connectivity index (χ3n) is 3.36. The number of hydrogen-bond acceptors (Lipinski definition) is 2. The van der Waals surface area contributed by atoms with Gasteiger partial charge in [0.15, 0.2) is 6.04 Å². The summed E-state index contributed by atoms with van der Waals surface area (Å²) in [5.74, 6) is -0.572. The van der Waals surface area contributed by atoms with Crippen molar-refractivity contribution in [1.82, 2.24) is 10.2 Å². The van der Waals surface area contributed by atoms with Gasteiger partial charge in [0.2, 0.25) is 0 Å². The molecule has 1 aromatic rings. The first kappa shape index (κ1) is 13.4. The summed E-state index contributed by atoms with van der Waals surface area (Å²) in [5.41, 5.74) is 0.579. The SMILES string of the molecule is CC1CCN(C(=O)N[C@@H](C(=O)O)c2ccccc2)C1. The Morgan fingerprint density at radius 2 is 2.05 bits per heavy atom. The molecule has 2 N–H and O–H groups in total. The van der Waals surface area contributed by atoms with Gasteiger partial charge in [0.25, 0.3) is 0 Å². The summed E-state index contributed by atoms with van der Waals surface area (Å²) in [6, 6.07) is 7.43. The number of hydrogen-bond donors (Lipinski definition) is 2. The van der Waals surface area contributed by atoms with Crippen LogP contribution in [0.4, 0.5) is 4.79 Å². The predicted octanol–water partition coefficient (Wildman–Crippen LogP) is 1.86. The summed E-state index contributed by atoms with van der Waals surface area (Å²) in [6.45, 7) is 3.46. The van der Waals surface area contributed by atoms with E-state index in [1.165, 1.54) is 0 Å². The number of carboxylic acid groups (broad SMARTS) is 1. The molecule has 0 radical (unpaired) electrons. The Labute approximate surface area is 112 Å². The summed E-state index contributed by atoms with van der Waals surface area (Å²) in [7, 11) is 0. The molecule has 0 aliphatic carbocycles. The van der Waals surface area contributed by atoms with Crippen molar-refractivity contribution in [3.05, 3.63) is 35.9 Å². The van der Waals surface area contributed by atoms with Crippen LogP contribution in [0.25, 0.3) is 0 Å². The lowest BCUT2D eigenvalue weighted by molar-refractivity contribution is -0.139. The van der Waals surface area contributed by atoms with Crippen LogP contribution < -0.4 is 5.32 Å². The number of nitrogens with one attached hydrogen (secondary N) is 1. The van der Waals surface area contributed by atoms with E-state index in [0.717, 1.165) is 6.42 Å². The molecule has 2 atom stereocenters. The Kier molecular flexibility index (Phi) is 4.04. The monoisotopic (exact) mass is 262 g/mol. The topological polar surface area (TPSA) is 69.6 Å². The van der Waals surface area contributed by atoms with E-state index in [1.54, 1.807) is 29.2 Å². The Hall–Kier alpha value is -2.04. The van der Waals surface area contributed by atoms with Crippen LogP contribution >= 0.6 is 0 Å². The maximum Gasteiger partial charge on any atom is 0.330 e. The Morgan fingerprint density at radius 3 is 2.58 bits per heavy atom. The normalized spacial score (nSPS) is 20.1. The van der Waals surface area contributed by atoms with E-state index in [4.69, 9.17) is 0 Å². The molecule has 19 heavy (non-hydrogen) atoms. The van der Waals surface area contributed by atoms with Gasteiger partial charge < -0.3 is 15.3 Å². The van der Waals surface area contributed by atoms with Crippen molar-refractivity contribution < 1.29 is 14.7 Å². The van der Waals surface area contributed by atoms with Gasteiger partial charge in [0, 0.05) is 13.1 Å². The van der Waals surface area contributed by atoms with E-state index >= 15 is 0 Å². The quantitative estimate of drug-likeness (QED) is 0.873. The molecule has 1 fully saturated rings. The molecule has 2 amide bonds. The lowest BCUT2D eigenvalue weighted by Crippen LogP contribution is -2.42.